The van der Waals surface area contributed by atoms with Gasteiger partial charge < -0.3 is 20.1 Å². The van der Waals surface area contributed by atoms with Crippen LogP contribution in [0.1, 0.15) is 10.4 Å². The molecule has 4 aromatic carbocycles. The van der Waals surface area contributed by atoms with E-state index in [4.69, 9.17) is 5.11 Å². The van der Waals surface area contributed by atoms with E-state index in [0.717, 1.165) is 12.1 Å². The van der Waals surface area contributed by atoms with Crippen LogP contribution in [0.2, 0.25) is 0 Å². The summed E-state index contributed by atoms with van der Waals surface area (Å²) in [6.45, 7) is 0.134. The summed E-state index contributed by atoms with van der Waals surface area (Å²) < 4.78 is 38.8. The lowest BCUT2D eigenvalue weighted by Crippen LogP contribution is -2.00. The number of carboxylic acids is 1. The molecule has 14 heteroatoms. The average Bonchev–Trinajstić information content (AvgIpc) is 2.92. The van der Waals surface area contributed by atoms with Crippen LogP contribution >= 0.6 is 0 Å². The lowest BCUT2D eigenvalue weighted by molar-refractivity contribution is -0.120. The van der Waals surface area contributed by atoms with Gasteiger partial charge in [-0.05, 0) is 60.2 Å². The molecule has 0 unspecified atom stereocenters. The standard InChI is InChI=1S/C26H18N4O9S/c31-14-39-24-12-18(7-10-23(24)33)29-30-19-5-8-20(25(13-19)40(36,37)38)15-1-3-16(4-2-15)27-28-17-6-9-22(32)21(11-17)26(34)35/h1-14,32-33H,(H,34,35)(H,36,37,38)/b28-27+,30-29+. The normalized spacial score (nSPS) is 11.6. The summed E-state index contributed by atoms with van der Waals surface area (Å²) >= 11 is 0. The minimum atomic E-state index is -4.68. The van der Waals surface area contributed by atoms with Gasteiger partial charge in [-0.15, -0.1) is 0 Å². The van der Waals surface area contributed by atoms with Gasteiger partial charge in [-0.25, -0.2) is 4.79 Å². The molecule has 0 aliphatic rings. The van der Waals surface area contributed by atoms with Crippen LogP contribution < -0.4 is 4.74 Å². The predicted molar refractivity (Wildman–Crippen MR) is 140 cm³/mol. The Morgan fingerprint density at radius 3 is 1.85 bits per heavy atom. The first-order valence-electron chi connectivity index (χ1n) is 11.1. The van der Waals surface area contributed by atoms with Gasteiger partial charge in [0.15, 0.2) is 11.5 Å². The van der Waals surface area contributed by atoms with E-state index in [1.165, 1.54) is 54.6 Å². The molecular formula is C26H18N4O9S. The number of aromatic carboxylic acids is 1. The largest absolute Gasteiger partial charge is 0.507 e. The molecule has 202 valence electrons. The van der Waals surface area contributed by atoms with Crippen LogP contribution in [0.15, 0.2) is 104 Å². The number of azo groups is 2. The molecule has 0 fully saturated rings. The number of hydrogen-bond donors (Lipinski definition) is 4. The Bertz CT molecular complexity index is 1770. The highest BCUT2D eigenvalue weighted by molar-refractivity contribution is 7.86. The molecular weight excluding hydrogens is 544 g/mol. The Kier molecular flexibility index (Phi) is 7.93. The highest BCUT2D eigenvalue weighted by Gasteiger charge is 2.18. The zero-order valence-electron chi connectivity index (χ0n) is 20.1. The number of ether oxygens (including phenoxy) is 1. The van der Waals surface area contributed by atoms with E-state index in [9.17, 15) is 32.8 Å². The van der Waals surface area contributed by atoms with Gasteiger partial charge in [0.2, 0.25) is 0 Å². The first kappa shape index (κ1) is 27.6. The fourth-order valence-corrected chi connectivity index (χ4v) is 4.17. The third kappa shape index (κ3) is 6.50. The second-order valence-electron chi connectivity index (χ2n) is 7.98. The fraction of sp³-hybridized carbons (Fsp3) is 0. The minimum absolute atomic E-state index is 0.0855. The number of hydrogen-bond acceptors (Lipinski definition) is 11. The van der Waals surface area contributed by atoms with Crippen molar-refractivity contribution in [3.8, 4) is 28.4 Å². The van der Waals surface area contributed by atoms with Crippen molar-refractivity contribution in [1.82, 2.24) is 0 Å². The van der Waals surface area contributed by atoms with Gasteiger partial charge in [-0.1, -0.05) is 18.2 Å². The van der Waals surface area contributed by atoms with Crippen molar-refractivity contribution in [3.63, 3.8) is 0 Å². The number of carbonyl (C=O) groups is 2. The van der Waals surface area contributed by atoms with E-state index in [2.05, 4.69) is 25.2 Å². The van der Waals surface area contributed by atoms with Crippen LogP contribution in [0, 0.1) is 0 Å². The molecule has 4 N–H and O–H groups in total. The molecule has 0 heterocycles. The Morgan fingerprint density at radius 1 is 0.725 bits per heavy atom. The van der Waals surface area contributed by atoms with Crippen molar-refractivity contribution < 1.29 is 42.6 Å². The van der Waals surface area contributed by atoms with Gasteiger partial charge in [0.1, 0.15) is 16.2 Å². The number of aromatic hydroxyl groups is 2. The molecule has 0 saturated carbocycles. The Hall–Kier alpha value is -5.47. The van der Waals surface area contributed by atoms with E-state index < -0.39 is 26.7 Å². The SMILES string of the molecule is O=COc1cc(/N=N/c2ccc(-c3ccc(/N=N/c4ccc(O)c(C(=O)O)c4)cc3)c(S(=O)(=O)O)c2)ccc1O. The van der Waals surface area contributed by atoms with Crippen molar-refractivity contribution in [2.75, 3.05) is 0 Å². The molecule has 0 aliphatic carbocycles. The maximum atomic E-state index is 12.1. The van der Waals surface area contributed by atoms with Gasteiger partial charge in [0.05, 0.1) is 22.7 Å². The average molecular weight is 563 g/mol. The number of rotatable bonds is 9. The van der Waals surface area contributed by atoms with Crippen LogP contribution in [0.5, 0.6) is 17.2 Å². The third-order valence-corrected chi connectivity index (χ3v) is 6.21. The highest BCUT2D eigenvalue weighted by atomic mass is 32.2. The maximum absolute atomic E-state index is 12.1. The summed E-state index contributed by atoms with van der Waals surface area (Å²) in [6.07, 6.45) is 0. The number of benzene rings is 4. The van der Waals surface area contributed by atoms with Crippen LogP contribution in [0.25, 0.3) is 11.1 Å². The van der Waals surface area contributed by atoms with Gasteiger partial charge in [-0.3, -0.25) is 9.35 Å². The van der Waals surface area contributed by atoms with E-state index in [-0.39, 0.29) is 46.2 Å². The summed E-state index contributed by atoms with van der Waals surface area (Å²) in [5.74, 6) is -2.16. The summed E-state index contributed by atoms with van der Waals surface area (Å²) in [7, 11) is -4.68. The molecule has 0 atom stereocenters. The first-order valence-corrected chi connectivity index (χ1v) is 12.5. The number of phenols is 2. The minimum Gasteiger partial charge on any atom is -0.507 e. The van der Waals surface area contributed by atoms with Crippen LogP contribution in [-0.4, -0.2) is 40.7 Å². The quantitative estimate of drug-likeness (QED) is 0.106. The van der Waals surface area contributed by atoms with Crippen molar-refractivity contribution in [2.24, 2.45) is 20.5 Å². The lowest BCUT2D eigenvalue weighted by Gasteiger charge is -2.08. The molecule has 40 heavy (non-hydrogen) atoms. The van der Waals surface area contributed by atoms with Crippen LogP contribution in [0.4, 0.5) is 22.7 Å². The summed E-state index contributed by atoms with van der Waals surface area (Å²) in [6, 6.07) is 17.8. The zero-order chi connectivity index (χ0) is 28.9. The van der Waals surface area contributed by atoms with Gasteiger partial charge in [0, 0.05) is 11.6 Å². The van der Waals surface area contributed by atoms with Gasteiger partial charge >= 0.3 is 5.97 Å². The number of phenolic OH excluding ortho intramolecular Hbond substituents is 1. The Labute approximate surface area is 226 Å². The highest BCUT2D eigenvalue weighted by Crippen LogP contribution is 2.34. The molecule has 0 bridgehead atoms. The van der Waals surface area contributed by atoms with E-state index >= 15 is 0 Å². The third-order valence-electron chi connectivity index (χ3n) is 5.31. The van der Waals surface area contributed by atoms with Gasteiger partial charge in [0.25, 0.3) is 16.6 Å². The molecule has 13 nitrogen and oxygen atoms in total. The van der Waals surface area contributed by atoms with Crippen LogP contribution in [-0.2, 0) is 14.9 Å². The summed E-state index contributed by atoms with van der Waals surface area (Å²) in [5.41, 5.74) is 1.10. The number of nitrogens with zero attached hydrogens (tertiary/aromatic N) is 4. The zero-order valence-corrected chi connectivity index (χ0v) is 20.9. The second-order valence-corrected chi connectivity index (χ2v) is 9.37. The van der Waals surface area contributed by atoms with Crippen LogP contribution in [0.3, 0.4) is 0 Å². The molecule has 0 aliphatic heterocycles. The Morgan fingerprint density at radius 2 is 1.25 bits per heavy atom. The summed E-state index contributed by atoms with van der Waals surface area (Å²) in [4.78, 5) is 21.3. The topological polar surface area (TPSA) is 208 Å². The monoisotopic (exact) mass is 562 g/mol. The second kappa shape index (κ2) is 11.5. The Balaban J connectivity index is 1.59. The lowest BCUT2D eigenvalue weighted by atomic mass is 10.0. The van der Waals surface area contributed by atoms with Crippen molar-refractivity contribution in [1.29, 1.82) is 0 Å². The number of carbonyl (C=O) groups excluding carboxylic acids is 1. The molecule has 4 rings (SSSR count). The van der Waals surface area contributed by atoms with Gasteiger partial charge in [-0.2, -0.15) is 28.9 Å². The number of carboxylic acid groups (broad SMARTS) is 1. The van der Waals surface area contributed by atoms with Crippen molar-refractivity contribution in [3.05, 3.63) is 84.4 Å². The van der Waals surface area contributed by atoms with E-state index in [1.54, 1.807) is 12.1 Å². The fourth-order valence-electron chi connectivity index (χ4n) is 3.43. The molecule has 0 saturated heterocycles. The predicted octanol–water partition coefficient (Wildman–Crippen LogP) is 6.08. The first-order chi connectivity index (χ1) is 19.0. The maximum Gasteiger partial charge on any atom is 0.339 e. The van der Waals surface area contributed by atoms with Crippen molar-refractivity contribution >= 4 is 45.3 Å². The van der Waals surface area contributed by atoms with E-state index in [0.29, 0.717) is 11.3 Å². The summed E-state index contributed by atoms with van der Waals surface area (Å²) in [5, 5.41) is 44.2. The molecule has 0 spiro atoms. The smallest absolute Gasteiger partial charge is 0.339 e. The molecule has 0 amide bonds. The molecule has 0 aromatic heterocycles. The van der Waals surface area contributed by atoms with E-state index in [1.807, 2.05) is 0 Å². The molecule has 0 radical (unpaired) electrons. The molecule has 4 aromatic rings. The van der Waals surface area contributed by atoms with Crippen molar-refractivity contribution in [2.45, 2.75) is 4.90 Å².